The summed E-state index contributed by atoms with van der Waals surface area (Å²) >= 11 is 0. The maximum Gasteiger partial charge on any atom is 0.244 e. The van der Waals surface area contributed by atoms with E-state index in [0.29, 0.717) is 23.5 Å². The Labute approximate surface area is 165 Å². The lowest BCUT2D eigenvalue weighted by molar-refractivity contribution is -0.114. The van der Waals surface area contributed by atoms with E-state index in [1.165, 1.54) is 0 Å². The molecule has 0 saturated heterocycles. The molecule has 0 bridgehead atoms. The minimum Gasteiger partial charge on any atom is -0.436 e. The Morgan fingerprint density at radius 2 is 1.89 bits per heavy atom. The lowest BCUT2D eigenvalue weighted by Crippen LogP contribution is -2.13. The summed E-state index contributed by atoms with van der Waals surface area (Å²) < 4.78 is 5.95. The van der Waals surface area contributed by atoms with E-state index in [1.54, 1.807) is 6.08 Å². The van der Waals surface area contributed by atoms with Crippen LogP contribution in [0.5, 0.6) is 0 Å². The Morgan fingerprint density at radius 3 is 2.64 bits per heavy atom. The monoisotopic (exact) mass is 375 g/mol. The van der Waals surface area contributed by atoms with Crippen molar-refractivity contribution in [3.8, 4) is 0 Å². The summed E-state index contributed by atoms with van der Waals surface area (Å²) in [6.07, 6.45) is 6.28. The van der Waals surface area contributed by atoms with E-state index in [9.17, 15) is 4.79 Å². The Balaban J connectivity index is 0.00000109. The SMILES string of the molecule is CC.NC(=O)C1=CC(c2nc3ccc(Nc4ccccc4)cc3o2)=CCCC1. The number of carbonyl (C=O) groups is 1. The smallest absolute Gasteiger partial charge is 0.244 e. The topological polar surface area (TPSA) is 81.2 Å². The number of fused-ring (bicyclic) bond motifs is 1. The van der Waals surface area contributed by atoms with Crippen molar-refractivity contribution < 1.29 is 9.21 Å². The quantitative estimate of drug-likeness (QED) is 0.624. The molecule has 3 N–H and O–H groups in total. The number of nitrogens with two attached hydrogens (primary N) is 1. The molecule has 0 aliphatic heterocycles. The first-order chi connectivity index (χ1) is 13.7. The van der Waals surface area contributed by atoms with Gasteiger partial charge in [0, 0.05) is 28.6 Å². The standard InChI is InChI=1S/C21H19N3O2.C2H6/c22-20(25)14-6-4-5-7-15(12-14)21-24-18-11-10-17(13-19(18)26-21)23-16-8-2-1-3-9-16;1-2/h1-3,7-13,23H,4-6H2,(H2,22,25);1-2H3. The van der Waals surface area contributed by atoms with E-state index in [4.69, 9.17) is 10.2 Å². The van der Waals surface area contributed by atoms with Crippen molar-refractivity contribution in [2.24, 2.45) is 5.73 Å². The molecule has 0 atom stereocenters. The number of amides is 1. The molecule has 1 aliphatic carbocycles. The molecule has 0 radical (unpaired) electrons. The number of benzene rings is 2. The third-order valence-corrected chi connectivity index (χ3v) is 4.36. The van der Waals surface area contributed by atoms with Crippen molar-refractivity contribution in [3.63, 3.8) is 0 Å². The zero-order chi connectivity index (χ0) is 19.9. The summed E-state index contributed by atoms with van der Waals surface area (Å²) in [5.41, 5.74) is 10.3. The molecule has 1 amide bonds. The molecule has 4 rings (SSSR count). The molecule has 0 fully saturated rings. The highest BCUT2D eigenvalue weighted by Crippen LogP contribution is 2.29. The molecular formula is C23H25N3O2. The number of anilines is 2. The van der Waals surface area contributed by atoms with Gasteiger partial charge in [-0.15, -0.1) is 0 Å². The van der Waals surface area contributed by atoms with E-state index in [1.807, 2.05) is 68.5 Å². The number of allylic oxidation sites excluding steroid dienone is 3. The van der Waals surface area contributed by atoms with Crippen LogP contribution in [0.3, 0.4) is 0 Å². The van der Waals surface area contributed by atoms with E-state index < -0.39 is 0 Å². The highest BCUT2D eigenvalue weighted by Gasteiger charge is 2.15. The van der Waals surface area contributed by atoms with E-state index in [0.717, 1.165) is 35.3 Å². The van der Waals surface area contributed by atoms with Crippen LogP contribution in [0, 0.1) is 0 Å². The predicted octanol–water partition coefficient (Wildman–Crippen LogP) is 5.58. The second kappa shape index (κ2) is 9.04. The predicted molar refractivity (Wildman–Crippen MR) is 114 cm³/mol. The number of rotatable bonds is 4. The summed E-state index contributed by atoms with van der Waals surface area (Å²) in [5.74, 6) is 0.126. The van der Waals surface area contributed by atoms with Gasteiger partial charge < -0.3 is 15.5 Å². The molecule has 3 aromatic rings. The van der Waals surface area contributed by atoms with E-state index in [2.05, 4.69) is 10.3 Å². The van der Waals surface area contributed by atoms with Gasteiger partial charge in [0.05, 0.1) is 0 Å². The minimum absolute atomic E-state index is 0.386. The van der Waals surface area contributed by atoms with Crippen LogP contribution in [0.4, 0.5) is 11.4 Å². The first kappa shape index (κ1) is 19.4. The third kappa shape index (κ3) is 4.49. The normalized spacial score (nSPS) is 13.6. The summed E-state index contributed by atoms with van der Waals surface area (Å²) in [6.45, 7) is 4.00. The fourth-order valence-corrected chi connectivity index (χ4v) is 3.03. The number of aromatic nitrogens is 1. The molecule has 28 heavy (non-hydrogen) atoms. The van der Waals surface area contributed by atoms with Gasteiger partial charge in [-0.3, -0.25) is 4.79 Å². The Morgan fingerprint density at radius 1 is 1.11 bits per heavy atom. The van der Waals surface area contributed by atoms with Gasteiger partial charge in [0.2, 0.25) is 11.8 Å². The number of nitrogens with zero attached hydrogens (tertiary/aromatic N) is 1. The molecule has 2 aromatic carbocycles. The fraction of sp³-hybridized carbons (Fsp3) is 0.217. The number of hydrogen-bond acceptors (Lipinski definition) is 4. The summed E-state index contributed by atoms with van der Waals surface area (Å²) in [7, 11) is 0. The third-order valence-electron chi connectivity index (χ3n) is 4.36. The zero-order valence-electron chi connectivity index (χ0n) is 16.2. The molecular weight excluding hydrogens is 350 g/mol. The maximum atomic E-state index is 11.5. The molecule has 0 spiro atoms. The second-order valence-electron chi connectivity index (χ2n) is 6.28. The molecule has 1 aliphatic rings. The van der Waals surface area contributed by atoms with Gasteiger partial charge in [0.1, 0.15) is 5.52 Å². The van der Waals surface area contributed by atoms with Crippen molar-refractivity contribution >= 4 is 34.0 Å². The second-order valence-corrected chi connectivity index (χ2v) is 6.28. The molecule has 144 valence electrons. The summed E-state index contributed by atoms with van der Waals surface area (Å²) in [6, 6.07) is 15.8. The van der Waals surface area contributed by atoms with Crippen LogP contribution in [-0.2, 0) is 4.79 Å². The van der Waals surface area contributed by atoms with Gasteiger partial charge in [0.15, 0.2) is 5.58 Å². The first-order valence-electron chi connectivity index (χ1n) is 9.62. The Hall–Kier alpha value is -3.34. The highest BCUT2D eigenvalue weighted by atomic mass is 16.3. The average Bonchev–Trinajstić information content (AvgIpc) is 2.97. The summed E-state index contributed by atoms with van der Waals surface area (Å²) in [5, 5.41) is 3.34. The lowest BCUT2D eigenvalue weighted by atomic mass is 10.1. The van der Waals surface area contributed by atoms with Crippen LogP contribution in [0.15, 0.2) is 70.7 Å². The number of primary amides is 1. The minimum atomic E-state index is -0.386. The van der Waals surface area contributed by atoms with Crippen LogP contribution in [0.2, 0.25) is 0 Å². The van der Waals surface area contributed by atoms with Crippen LogP contribution < -0.4 is 11.1 Å². The molecule has 1 aromatic heterocycles. The van der Waals surface area contributed by atoms with Gasteiger partial charge in [-0.1, -0.05) is 38.1 Å². The molecule has 0 unspecified atom stereocenters. The number of hydrogen-bond donors (Lipinski definition) is 2. The number of para-hydroxylation sites is 1. The molecule has 0 saturated carbocycles. The Kier molecular flexibility index (Phi) is 6.27. The molecule has 1 heterocycles. The average molecular weight is 375 g/mol. The van der Waals surface area contributed by atoms with Crippen LogP contribution in [0.1, 0.15) is 39.0 Å². The highest BCUT2D eigenvalue weighted by molar-refractivity contribution is 5.95. The van der Waals surface area contributed by atoms with Gasteiger partial charge in [-0.05, 0) is 49.6 Å². The number of nitrogens with one attached hydrogen (secondary N) is 1. The number of oxazole rings is 1. The van der Waals surface area contributed by atoms with Crippen molar-refractivity contribution in [2.45, 2.75) is 33.1 Å². The largest absolute Gasteiger partial charge is 0.436 e. The lowest BCUT2D eigenvalue weighted by Gasteiger charge is -2.05. The molecule has 5 heteroatoms. The van der Waals surface area contributed by atoms with Gasteiger partial charge in [0.25, 0.3) is 0 Å². The van der Waals surface area contributed by atoms with Crippen molar-refractivity contribution in [2.75, 3.05) is 5.32 Å². The van der Waals surface area contributed by atoms with E-state index in [-0.39, 0.29) is 5.91 Å². The Bertz CT molecular complexity index is 1020. The van der Waals surface area contributed by atoms with Gasteiger partial charge in [-0.2, -0.15) is 0 Å². The van der Waals surface area contributed by atoms with Crippen molar-refractivity contribution in [3.05, 3.63) is 72.1 Å². The van der Waals surface area contributed by atoms with Crippen LogP contribution >= 0.6 is 0 Å². The zero-order valence-corrected chi connectivity index (χ0v) is 16.2. The van der Waals surface area contributed by atoms with Crippen molar-refractivity contribution in [1.82, 2.24) is 4.98 Å². The van der Waals surface area contributed by atoms with Gasteiger partial charge in [-0.25, -0.2) is 4.98 Å². The van der Waals surface area contributed by atoms with Crippen molar-refractivity contribution in [1.29, 1.82) is 0 Å². The maximum absolute atomic E-state index is 11.5. The molecule has 5 nitrogen and oxygen atoms in total. The first-order valence-corrected chi connectivity index (χ1v) is 9.62. The summed E-state index contributed by atoms with van der Waals surface area (Å²) in [4.78, 5) is 16.1. The van der Waals surface area contributed by atoms with Crippen LogP contribution in [-0.4, -0.2) is 10.9 Å². The number of carbonyl (C=O) groups excluding carboxylic acids is 1. The van der Waals surface area contributed by atoms with Gasteiger partial charge >= 0.3 is 0 Å². The van der Waals surface area contributed by atoms with Crippen LogP contribution in [0.25, 0.3) is 16.7 Å². The fourth-order valence-electron chi connectivity index (χ4n) is 3.03. The van der Waals surface area contributed by atoms with E-state index >= 15 is 0 Å².